The molecule has 0 aromatic heterocycles. The number of aliphatic hydroxyl groups is 1. The number of nitrogens with one attached hydrogen (secondary N) is 1. The minimum atomic E-state index is -1.15. The van der Waals surface area contributed by atoms with Crippen LogP contribution in [0.15, 0.2) is 48.5 Å². The summed E-state index contributed by atoms with van der Waals surface area (Å²) in [4.78, 5) is 25.4. The summed E-state index contributed by atoms with van der Waals surface area (Å²) in [7, 11) is 0. The van der Waals surface area contributed by atoms with Gasteiger partial charge in [0, 0.05) is 18.8 Å². The third kappa shape index (κ3) is 4.84. The summed E-state index contributed by atoms with van der Waals surface area (Å²) in [6.45, 7) is 1.65. The maximum Gasteiger partial charge on any atom is 0.316 e. The Morgan fingerprint density at radius 3 is 2.40 bits per heavy atom. The minimum Gasteiger partial charge on any atom is -0.387 e. The van der Waals surface area contributed by atoms with Crippen molar-refractivity contribution in [3.8, 4) is 0 Å². The van der Waals surface area contributed by atoms with Crippen molar-refractivity contribution in [1.29, 1.82) is 0 Å². The fourth-order valence-corrected chi connectivity index (χ4v) is 2.28. The molecule has 2 amide bonds. The molecule has 2 aromatic carbocycles. The van der Waals surface area contributed by atoms with Crippen LogP contribution in [0.1, 0.15) is 18.6 Å². The Hall–Kier alpha value is -2.80. The summed E-state index contributed by atoms with van der Waals surface area (Å²) >= 11 is 0. The van der Waals surface area contributed by atoms with Gasteiger partial charge >= 0.3 is 11.8 Å². The van der Waals surface area contributed by atoms with Gasteiger partial charge in [-0.25, -0.2) is 8.78 Å². The first-order valence-corrected chi connectivity index (χ1v) is 7.71. The number of anilines is 1. The van der Waals surface area contributed by atoms with Crippen molar-refractivity contribution >= 4 is 17.5 Å². The van der Waals surface area contributed by atoms with E-state index in [2.05, 4.69) is 5.32 Å². The molecule has 0 fully saturated rings. The highest BCUT2D eigenvalue weighted by Crippen LogP contribution is 2.16. The van der Waals surface area contributed by atoms with E-state index in [1.807, 2.05) is 0 Å². The minimum absolute atomic E-state index is 0.213. The number of halogens is 2. The van der Waals surface area contributed by atoms with Crippen molar-refractivity contribution in [2.24, 2.45) is 0 Å². The van der Waals surface area contributed by atoms with Crippen LogP contribution < -0.4 is 10.2 Å². The van der Waals surface area contributed by atoms with Gasteiger partial charge in [0.15, 0.2) is 0 Å². The van der Waals surface area contributed by atoms with Gasteiger partial charge in [-0.3, -0.25) is 9.59 Å². The second kappa shape index (κ2) is 8.34. The molecule has 0 radical (unpaired) electrons. The van der Waals surface area contributed by atoms with Gasteiger partial charge in [-0.2, -0.15) is 0 Å². The second-order valence-corrected chi connectivity index (χ2v) is 5.31. The van der Waals surface area contributed by atoms with Crippen LogP contribution in [0.25, 0.3) is 0 Å². The van der Waals surface area contributed by atoms with E-state index in [9.17, 15) is 23.5 Å². The first kappa shape index (κ1) is 18.5. The normalized spacial score (nSPS) is 11.7. The van der Waals surface area contributed by atoms with Crippen molar-refractivity contribution in [2.75, 3.05) is 18.0 Å². The van der Waals surface area contributed by atoms with Crippen LogP contribution in [0, 0.1) is 11.6 Å². The van der Waals surface area contributed by atoms with Crippen LogP contribution in [0.5, 0.6) is 0 Å². The summed E-state index contributed by atoms with van der Waals surface area (Å²) in [6, 6.07) is 10.5. The van der Waals surface area contributed by atoms with Crippen molar-refractivity contribution in [2.45, 2.75) is 13.0 Å². The zero-order chi connectivity index (χ0) is 18.4. The monoisotopic (exact) mass is 348 g/mol. The van der Waals surface area contributed by atoms with Crippen molar-refractivity contribution < 1.29 is 23.5 Å². The maximum atomic E-state index is 13.1. The average Bonchev–Trinajstić information content (AvgIpc) is 2.61. The van der Waals surface area contributed by atoms with Crippen molar-refractivity contribution in [1.82, 2.24) is 5.32 Å². The Kier molecular flexibility index (Phi) is 6.19. The summed E-state index contributed by atoms with van der Waals surface area (Å²) < 4.78 is 26.1. The highest BCUT2D eigenvalue weighted by atomic mass is 19.1. The number of nitrogens with zero attached hydrogens (tertiary/aromatic N) is 1. The van der Waals surface area contributed by atoms with Crippen LogP contribution >= 0.6 is 0 Å². The van der Waals surface area contributed by atoms with Gasteiger partial charge in [-0.1, -0.05) is 12.1 Å². The molecule has 25 heavy (non-hydrogen) atoms. The molecule has 1 atom stereocenters. The topological polar surface area (TPSA) is 69.6 Å². The summed E-state index contributed by atoms with van der Waals surface area (Å²) in [5.74, 6) is -2.70. The molecule has 0 aliphatic carbocycles. The van der Waals surface area contributed by atoms with E-state index in [-0.39, 0.29) is 13.1 Å². The Morgan fingerprint density at radius 1 is 1.12 bits per heavy atom. The quantitative estimate of drug-likeness (QED) is 0.814. The Balaban J connectivity index is 1.99. The predicted molar refractivity (Wildman–Crippen MR) is 88.8 cm³/mol. The number of carbonyl (C=O) groups is 2. The Morgan fingerprint density at radius 2 is 1.80 bits per heavy atom. The molecule has 0 heterocycles. The van der Waals surface area contributed by atoms with E-state index >= 15 is 0 Å². The fraction of sp³-hybridized carbons (Fsp3) is 0.222. The summed E-state index contributed by atoms with van der Waals surface area (Å²) in [5, 5.41) is 12.3. The Bertz CT molecular complexity index is 750. The number of rotatable bonds is 5. The molecule has 2 N–H and O–H groups in total. The zero-order valence-electron chi connectivity index (χ0n) is 13.6. The molecule has 1 unspecified atom stereocenters. The third-order valence-corrected chi connectivity index (χ3v) is 3.58. The van der Waals surface area contributed by atoms with Crippen molar-refractivity contribution in [3.63, 3.8) is 0 Å². The first-order valence-electron chi connectivity index (χ1n) is 7.71. The lowest BCUT2D eigenvalue weighted by molar-refractivity contribution is -0.137. The number of hydrogen-bond acceptors (Lipinski definition) is 3. The molecule has 0 spiro atoms. The lowest BCUT2D eigenvalue weighted by atomic mass is 10.1. The number of amides is 2. The van der Waals surface area contributed by atoms with Gasteiger partial charge in [-0.15, -0.1) is 0 Å². The van der Waals surface area contributed by atoms with Crippen LogP contribution in [0.3, 0.4) is 0 Å². The largest absolute Gasteiger partial charge is 0.387 e. The van der Waals surface area contributed by atoms with Crippen LogP contribution in [0.2, 0.25) is 0 Å². The van der Waals surface area contributed by atoms with Gasteiger partial charge in [0.05, 0.1) is 6.10 Å². The van der Waals surface area contributed by atoms with E-state index in [1.165, 1.54) is 47.4 Å². The number of hydrogen-bond donors (Lipinski definition) is 2. The van der Waals surface area contributed by atoms with Crippen molar-refractivity contribution in [3.05, 3.63) is 65.7 Å². The lowest BCUT2D eigenvalue weighted by Crippen LogP contribution is -2.44. The van der Waals surface area contributed by atoms with E-state index in [0.29, 0.717) is 11.3 Å². The molecular weight excluding hydrogens is 330 g/mol. The van der Waals surface area contributed by atoms with Crippen LogP contribution in [-0.4, -0.2) is 30.0 Å². The SMILES string of the molecule is CCN(C(=O)C(=O)NCC(O)c1cccc(F)c1)c1ccc(F)cc1. The molecule has 132 valence electrons. The van der Waals surface area contributed by atoms with E-state index in [0.717, 1.165) is 6.07 Å². The van der Waals surface area contributed by atoms with Gasteiger partial charge in [-0.05, 0) is 48.9 Å². The van der Waals surface area contributed by atoms with E-state index in [4.69, 9.17) is 0 Å². The number of aliphatic hydroxyl groups excluding tert-OH is 1. The van der Waals surface area contributed by atoms with E-state index in [1.54, 1.807) is 6.92 Å². The highest BCUT2D eigenvalue weighted by molar-refractivity contribution is 6.40. The van der Waals surface area contributed by atoms with Crippen LogP contribution in [0.4, 0.5) is 14.5 Å². The summed E-state index contributed by atoms with van der Waals surface area (Å²) in [5.41, 5.74) is 0.674. The van der Waals surface area contributed by atoms with E-state index < -0.39 is 29.6 Å². The molecule has 0 aliphatic heterocycles. The molecule has 7 heteroatoms. The predicted octanol–water partition coefficient (Wildman–Crippen LogP) is 2.17. The third-order valence-electron chi connectivity index (χ3n) is 3.58. The molecule has 2 aromatic rings. The molecule has 0 saturated heterocycles. The molecule has 0 aliphatic rings. The number of likely N-dealkylation sites (N-methyl/N-ethyl adjacent to an activating group) is 1. The highest BCUT2D eigenvalue weighted by Gasteiger charge is 2.22. The van der Waals surface area contributed by atoms with Gasteiger partial charge < -0.3 is 15.3 Å². The van der Waals surface area contributed by atoms with Gasteiger partial charge in [0.25, 0.3) is 0 Å². The average molecular weight is 348 g/mol. The van der Waals surface area contributed by atoms with Crippen LogP contribution in [-0.2, 0) is 9.59 Å². The molecule has 5 nitrogen and oxygen atoms in total. The first-order chi connectivity index (χ1) is 11.9. The molecule has 0 bridgehead atoms. The molecule has 2 rings (SSSR count). The molecule has 0 saturated carbocycles. The lowest BCUT2D eigenvalue weighted by Gasteiger charge is -2.21. The standard InChI is InChI=1S/C18H18F2N2O3/c1-2-22(15-8-6-13(19)7-9-15)18(25)17(24)21-11-16(23)12-4-3-5-14(20)10-12/h3-10,16,23H,2,11H2,1H3,(H,21,24). The molecular formula is C18H18F2N2O3. The zero-order valence-corrected chi connectivity index (χ0v) is 13.6. The number of carbonyl (C=O) groups excluding carboxylic acids is 2. The maximum absolute atomic E-state index is 13.1. The Labute approximate surface area is 143 Å². The fourth-order valence-electron chi connectivity index (χ4n) is 2.28. The van der Waals surface area contributed by atoms with Gasteiger partial charge in [0.1, 0.15) is 11.6 Å². The summed E-state index contributed by atoms with van der Waals surface area (Å²) in [6.07, 6.45) is -1.15. The number of benzene rings is 2. The second-order valence-electron chi connectivity index (χ2n) is 5.31. The van der Waals surface area contributed by atoms with Gasteiger partial charge in [0.2, 0.25) is 0 Å². The smallest absolute Gasteiger partial charge is 0.316 e.